The summed E-state index contributed by atoms with van der Waals surface area (Å²) in [6.07, 6.45) is 0.557. The fraction of sp³-hybridized carbons (Fsp3) is 0.350. The third-order valence-electron chi connectivity index (χ3n) is 4.70. The molecule has 1 aliphatic rings. The highest BCUT2D eigenvalue weighted by molar-refractivity contribution is 5.99. The minimum Gasteiger partial charge on any atom is -0.381 e. The van der Waals surface area contributed by atoms with Crippen LogP contribution in [0.4, 0.5) is 18.0 Å². The summed E-state index contributed by atoms with van der Waals surface area (Å²) < 4.78 is 43.1. The van der Waals surface area contributed by atoms with Gasteiger partial charge in [0.25, 0.3) is 0 Å². The van der Waals surface area contributed by atoms with Gasteiger partial charge in [0.15, 0.2) is 5.69 Å². The van der Waals surface area contributed by atoms with Crippen molar-refractivity contribution in [2.24, 2.45) is 0 Å². The van der Waals surface area contributed by atoms with Gasteiger partial charge in [0.2, 0.25) is 0 Å². The van der Waals surface area contributed by atoms with E-state index in [4.69, 9.17) is 0 Å². The van der Waals surface area contributed by atoms with E-state index in [0.717, 1.165) is 5.56 Å². The smallest absolute Gasteiger partial charge is 0.381 e. The van der Waals surface area contributed by atoms with E-state index in [-0.39, 0.29) is 25.3 Å². The van der Waals surface area contributed by atoms with E-state index in [1.54, 1.807) is 18.5 Å². The van der Waals surface area contributed by atoms with E-state index >= 15 is 0 Å². The summed E-state index contributed by atoms with van der Waals surface area (Å²) in [4.78, 5) is 39.4. The monoisotopic (exact) mass is 451 g/mol. The molecule has 12 heteroatoms. The number of alkyl halides is 3. The molecule has 0 radical (unpaired) electrons. The number of esters is 2. The Kier molecular flexibility index (Phi) is 6.91. The fourth-order valence-corrected chi connectivity index (χ4v) is 3.31. The largest absolute Gasteiger partial charge is 0.491 e. The Hall–Kier alpha value is -3.70. The van der Waals surface area contributed by atoms with Crippen molar-refractivity contribution in [1.29, 1.82) is 0 Å². The van der Waals surface area contributed by atoms with Gasteiger partial charge in [0.1, 0.15) is 0 Å². The molecule has 0 aliphatic heterocycles. The third kappa shape index (κ3) is 5.13. The number of ether oxygens (including phenoxy) is 1. The van der Waals surface area contributed by atoms with Gasteiger partial charge in [0.05, 0.1) is 5.69 Å². The van der Waals surface area contributed by atoms with Crippen LogP contribution in [-0.4, -0.2) is 52.0 Å². The van der Waals surface area contributed by atoms with Crippen LogP contribution in [0.15, 0.2) is 31.1 Å². The van der Waals surface area contributed by atoms with Gasteiger partial charge in [-0.25, -0.2) is 14.4 Å². The Morgan fingerprint density at radius 3 is 2.75 bits per heavy atom. The van der Waals surface area contributed by atoms with Crippen LogP contribution in [-0.2, 0) is 28.9 Å². The van der Waals surface area contributed by atoms with Crippen LogP contribution in [0.1, 0.15) is 28.0 Å². The van der Waals surface area contributed by atoms with Crippen molar-refractivity contribution in [3.63, 3.8) is 0 Å². The quantitative estimate of drug-likeness (QED) is 0.289. The van der Waals surface area contributed by atoms with Gasteiger partial charge >= 0.3 is 24.1 Å². The molecule has 2 amide bonds. The van der Waals surface area contributed by atoms with Gasteiger partial charge in [-0.2, -0.15) is 18.3 Å². The number of hydrogen-bond acceptors (Lipinski definition) is 6. The maximum atomic E-state index is 12.6. The summed E-state index contributed by atoms with van der Waals surface area (Å²) >= 11 is 0. The summed E-state index contributed by atoms with van der Waals surface area (Å²) in [7, 11) is 0. The Balaban J connectivity index is 1.83. The second-order valence-electron chi connectivity index (χ2n) is 6.89. The molecule has 2 N–H and O–H groups in total. The number of fused-ring (bicyclic) bond motifs is 3. The molecule has 0 saturated heterocycles. The number of nitrogens with zero attached hydrogens (tertiary/aromatic N) is 3. The van der Waals surface area contributed by atoms with Crippen molar-refractivity contribution in [3.8, 4) is 11.3 Å². The zero-order chi connectivity index (χ0) is 23.3. The van der Waals surface area contributed by atoms with Crippen LogP contribution < -0.4 is 10.6 Å². The number of urea groups is 1. The number of pyridine rings is 1. The Morgan fingerprint density at radius 2 is 2.03 bits per heavy atom. The number of aryl methyl sites for hydroxylation is 2. The Bertz CT molecular complexity index is 1050. The van der Waals surface area contributed by atoms with E-state index in [0.29, 0.717) is 36.1 Å². The van der Waals surface area contributed by atoms with Gasteiger partial charge in [-0.05, 0) is 30.9 Å². The fourth-order valence-electron chi connectivity index (χ4n) is 3.31. The number of halogens is 3. The maximum Gasteiger partial charge on any atom is 0.491 e. The summed E-state index contributed by atoms with van der Waals surface area (Å²) in [5.74, 6) is -4.01. The van der Waals surface area contributed by atoms with Crippen LogP contribution in [0, 0.1) is 0 Å². The molecular formula is C20H20F3N5O4. The van der Waals surface area contributed by atoms with Crippen molar-refractivity contribution in [1.82, 2.24) is 25.4 Å². The minimum atomic E-state index is -5.30. The topological polar surface area (TPSA) is 115 Å². The summed E-state index contributed by atoms with van der Waals surface area (Å²) in [6, 6.07) is 1.29. The molecule has 0 spiro atoms. The first kappa shape index (κ1) is 23.0. The number of rotatable bonds is 7. The molecule has 9 nitrogen and oxygen atoms in total. The number of aromatic nitrogens is 3. The van der Waals surface area contributed by atoms with Crippen LogP contribution in [0.5, 0.6) is 0 Å². The molecule has 2 aromatic rings. The lowest BCUT2D eigenvalue weighted by molar-refractivity contribution is -0.193. The van der Waals surface area contributed by atoms with Gasteiger partial charge < -0.3 is 15.4 Å². The van der Waals surface area contributed by atoms with E-state index in [1.807, 2.05) is 0 Å². The molecule has 2 aromatic heterocycles. The highest BCUT2D eigenvalue weighted by atomic mass is 19.4. The lowest BCUT2D eigenvalue weighted by atomic mass is 9.90. The van der Waals surface area contributed by atoms with Crippen molar-refractivity contribution in [3.05, 3.63) is 47.9 Å². The minimum absolute atomic E-state index is 0.0970. The number of carbonyl (C=O) groups is 3. The molecule has 0 atom stereocenters. The molecule has 0 unspecified atom stereocenters. The van der Waals surface area contributed by atoms with Crippen molar-refractivity contribution in [2.45, 2.75) is 32.0 Å². The van der Waals surface area contributed by atoms with Gasteiger partial charge in [-0.3, -0.25) is 9.67 Å². The van der Waals surface area contributed by atoms with E-state index in [1.165, 1.54) is 10.8 Å². The lowest BCUT2D eigenvalue weighted by Crippen LogP contribution is -2.36. The highest BCUT2D eigenvalue weighted by Crippen LogP contribution is 2.34. The first-order chi connectivity index (χ1) is 15.2. The van der Waals surface area contributed by atoms with Crippen molar-refractivity contribution in [2.75, 3.05) is 13.1 Å². The van der Waals surface area contributed by atoms with E-state index < -0.39 is 24.1 Å². The van der Waals surface area contributed by atoms with Crippen LogP contribution in [0.3, 0.4) is 0 Å². The zero-order valence-electron chi connectivity index (χ0n) is 16.9. The maximum absolute atomic E-state index is 12.6. The number of nitrogens with one attached hydrogen (secondary N) is 2. The van der Waals surface area contributed by atoms with E-state index in [2.05, 4.69) is 32.0 Å². The molecule has 0 fully saturated rings. The molecule has 170 valence electrons. The van der Waals surface area contributed by atoms with Gasteiger partial charge in [-0.15, -0.1) is 6.58 Å². The second kappa shape index (κ2) is 9.62. The predicted octanol–water partition coefficient (Wildman–Crippen LogP) is 2.16. The average Bonchev–Trinajstić information content (AvgIpc) is 3.13. The Morgan fingerprint density at radius 1 is 1.25 bits per heavy atom. The van der Waals surface area contributed by atoms with Crippen LogP contribution in [0.2, 0.25) is 0 Å². The summed E-state index contributed by atoms with van der Waals surface area (Å²) in [5.41, 5.74) is 2.21. The first-order valence-corrected chi connectivity index (χ1v) is 9.71. The molecule has 0 aromatic carbocycles. The average molecular weight is 451 g/mol. The first-order valence-electron chi connectivity index (χ1n) is 9.71. The molecule has 0 bridgehead atoms. The van der Waals surface area contributed by atoms with Crippen molar-refractivity contribution >= 4 is 18.0 Å². The third-order valence-corrected chi connectivity index (χ3v) is 4.70. The lowest BCUT2D eigenvalue weighted by Gasteiger charge is -2.15. The number of hydrogen-bond donors (Lipinski definition) is 2. The number of carbonyl (C=O) groups excluding carboxylic acids is 3. The highest BCUT2D eigenvalue weighted by Gasteiger charge is 2.43. The van der Waals surface area contributed by atoms with Crippen molar-refractivity contribution < 1.29 is 32.3 Å². The zero-order valence-corrected chi connectivity index (χ0v) is 16.9. The molecule has 32 heavy (non-hydrogen) atoms. The summed E-state index contributed by atoms with van der Waals surface area (Å²) in [5, 5.41) is 9.53. The molecular weight excluding hydrogens is 431 g/mol. The predicted molar refractivity (Wildman–Crippen MR) is 106 cm³/mol. The van der Waals surface area contributed by atoms with E-state index in [9.17, 15) is 27.6 Å². The van der Waals surface area contributed by atoms with Gasteiger partial charge in [0, 0.05) is 43.2 Å². The molecule has 0 saturated carbocycles. The molecule has 2 heterocycles. The summed E-state index contributed by atoms with van der Waals surface area (Å²) in [6.45, 7) is 4.08. The van der Waals surface area contributed by atoms with Crippen LogP contribution >= 0.6 is 0 Å². The second-order valence-corrected chi connectivity index (χ2v) is 6.89. The molecule has 1 aliphatic carbocycles. The standard InChI is InChI=1S/C20H20F3N5O4/c1-2-7-25-19(31)26-8-3-10-28-16(17(29)32-18(30)20(21,22)23)14-5-4-12-11-24-9-6-13(12)15(14)27-28/h2,6,9,11H,1,3-5,7-8,10H2,(H2,25,26,31). The normalized spacial score (nSPS) is 12.3. The van der Waals surface area contributed by atoms with Crippen LogP contribution in [0.25, 0.3) is 11.3 Å². The SMILES string of the molecule is C=CCNC(=O)NCCCn1nc2c(c1C(=O)OC(=O)C(F)(F)F)CCc1cnccc1-2. The van der Waals surface area contributed by atoms with Gasteiger partial charge in [-0.1, -0.05) is 6.08 Å². The number of amides is 2. The Labute approximate surface area is 180 Å². The molecule has 3 rings (SSSR count).